The van der Waals surface area contributed by atoms with Crippen LogP contribution in [0.5, 0.6) is 5.75 Å². The number of benzene rings is 2. The van der Waals surface area contributed by atoms with Crippen LogP contribution in [0.3, 0.4) is 0 Å². The Bertz CT molecular complexity index is 891. The summed E-state index contributed by atoms with van der Waals surface area (Å²) in [6.07, 6.45) is 6.00. The van der Waals surface area contributed by atoms with Gasteiger partial charge in [0.05, 0.1) is 7.11 Å². The molecule has 3 heteroatoms. The average molecular weight is 538 g/mol. The summed E-state index contributed by atoms with van der Waals surface area (Å²) in [6.45, 7) is 6.62. The molecule has 0 saturated carbocycles. The van der Waals surface area contributed by atoms with Crippen LogP contribution < -0.4 is 4.74 Å². The first-order valence-electron chi connectivity index (χ1n) is 8.76. The van der Waals surface area contributed by atoms with Crippen LogP contribution in [0.15, 0.2) is 60.8 Å². The smallest absolute Gasteiger partial charge is 0.119 e. The molecule has 0 radical (unpaired) electrons. The number of pyridine rings is 1. The molecule has 0 bridgehead atoms. The molecule has 2 aromatic carbocycles. The fraction of sp³-hybridized carbons (Fsp3) is 0.208. The predicted octanol–water partition coefficient (Wildman–Crippen LogP) is 6.02. The molecule has 0 spiro atoms. The number of hydrogen-bond acceptors (Lipinski definition) is 2. The zero-order chi connectivity index (χ0) is 18.6. The first kappa shape index (κ1) is 21.1. The van der Waals surface area contributed by atoms with Crippen LogP contribution in [0.25, 0.3) is 23.4 Å². The summed E-state index contributed by atoms with van der Waals surface area (Å²) < 4.78 is 5.25. The van der Waals surface area contributed by atoms with Gasteiger partial charge in [-0.15, -0.1) is 35.4 Å². The van der Waals surface area contributed by atoms with Crippen molar-refractivity contribution in [2.45, 2.75) is 26.2 Å². The summed E-state index contributed by atoms with van der Waals surface area (Å²) >= 11 is 0. The Morgan fingerprint density at radius 3 is 2.33 bits per heavy atom. The molecule has 0 unspecified atom stereocenters. The van der Waals surface area contributed by atoms with Crippen molar-refractivity contribution in [1.82, 2.24) is 4.98 Å². The van der Waals surface area contributed by atoms with Gasteiger partial charge in [-0.1, -0.05) is 57.2 Å². The zero-order valence-electron chi connectivity index (χ0n) is 16.1. The Hall–Kier alpha value is -2.18. The van der Waals surface area contributed by atoms with Gasteiger partial charge < -0.3 is 9.72 Å². The van der Waals surface area contributed by atoms with Crippen molar-refractivity contribution in [2.24, 2.45) is 0 Å². The monoisotopic (exact) mass is 537 g/mol. The van der Waals surface area contributed by atoms with Gasteiger partial charge in [-0.05, 0) is 34.4 Å². The number of rotatable bonds is 4. The fourth-order valence-electron chi connectivity index (χ4n) is 2.65. The molecule has 27 heavy (non-hydrogen) atoms. The standard InChI is InChI=1S/C24H24NO.Pt/c1-24(2,3)21-13-11-20(12-14-21)23-15-10-19(17-25-23)9-8-18-6-5-7-22(16-18)26-4;/h5-11,13-17H,1-4H3;/q-1;/b9-8+;. The molecule has 0 aliphatic carbocycles. The van der Waals surface area contributed by atoms with Crippen LogP contribution in [-0.2, 0) is 26.5 Å². The van der Waals surface area contributed by atoms with Crippen molar-refractivity contribution in [3.63, 3.8) is 0 Å². The molecule has 0 aliphatic heterocycles. The van der Waals surface area contributed by atoms with Gasteiger partial charge in [-0.3, -0.25) is 0 Å². The second-order valence-electron chi connectivity index (χ2n) is 7.33. The molecule has 0 saturated heterocycles. The molecule has 142 valence electrons. The van der Waals surface area contributed by atoms with Crippen LogP contribution in [0, 0.1) is 6.07 Å². The zero-order valence-corrected chi connectivity index (χ0v) is 18.4. The van der Waals surface area contributed by atoms with E-state index in [0.29, 0.717) is 0 Å². The van der Waals surface area contributed by atoms with Crippen molar-refractivity contribution in [3.05, 3.63) is 83.6 Å². The molecule has 3 aromatic rings. The molecule has 0 N–H and O–H groups in total. The Morgan fingerprint density at radius 1 is 0.963 bits per heavy atom. The van der Waals surface area contributed by atoms with Crippen molar-refractivity contribution in [3.8, 4) is 17.0 Å². The molecule has 0 fully saturated rings. The average Bonchev–Trinajstić information content (AvgIpc) is 2.66. The maximum atomic E-state index is 5.25. The van der Waals surface area contributed by atoms with Gasteiger partial charge in [-0.2, -0.15) is 0 Å². The minimum absolute atomic E-state index is 0. The molecular formula is C24H24NOPt-. The second-order valence-corrected chi connectivity index (χ2v) is 7.33. The Kier molecular flexibility index (Phi) is 7.16. The Balaban J connectivity index is 0.00000261. The van der Waals surface area contributed by atoms with Crippen LogP contribution in [0.4, 0.5) is 0 Å². The van der Waals surface area contributed by atoms with E-state index in [4.69, 9.17) is 4.74 Å². The van der Waals surface area contributed by atoms with E-state index in [0.717, 1.165) is 28.1 Å². The van der Waals surface area contributed by atoms with Crippen molar-refractivity contribution in [2.75, 3.05) is 7.11 Å². The number of aromatic nitrogens is 1. The normalized spacial score (nSPS) is 11.3. The van der Waals surface area contributed by atoms with Crippen molar-refractivity contribution < 1.29 is 25.8 Å². The number of methoxy groups -OCH3 is 1. The first-order valence-corrected chi connectivity index (χ1v) is 8.76. The second kappa shape index (κ2) is 9.15. The molecule has 2 nitrogen and oxygen atoms in total. The van der Waals surface area contributed by atoms with Gasteiger partial charge >= 0.3 is 0 Å². The molecule has 0 atom stereocenters. The fourth-order valence-corrected chi connectivity index (χ4v) is 2.65. The largest absolute Gasteiger partial charge is 0.497 e. The van der Waals surface area contributed by atoms with E-state index in [9.17, 15) is 0 Å². The topological polar surface area (TPSA) is 22.1 Å². The third-order valence-electron chi connectivity index (χ3n) is 4.30. The molecule has 1 aromatic heterocycles. The van der Waals surface area contributed by atoms with Gasteiger partial charge in [0, 0.05) is 27.3 Å². The van der Waals surface area contributed by atoms with E-state index >= 15 is 0 Å². The summed E-state index contributed by atoms with van der Waals surface area (Å²) in [5.41, 5.74) is 5.52. The molecular weight excluding hydrogens is 513 g/mol. The first-order chi connectivity index (χ1) is 12.5. The van der Waals surface area contributed by atoms with Crippen molar-refractivity contribution in [1.29, 1.82) is 0 Å². The summed E-state index contributed by atoms with van der Waals surface area (Å²) in [5, 5.41) is 0. The minimum Gasteiger partial charge on any atom is -0.497 e. The summed E-state index contributed by atoms with van der Waals surface area (Å²) in [6, 6.07) is 21.8. The molecule has 1 heterocycles. The Morgan fingerprint density at radius 2 is 1.74 bits per heavy atom. The van der Waals surface area contributed by atoms with E-state index in [1.54, 1.807) is 7.11 Å². The van der Waals surface area contributed by atoms with Crippen molar-refractivity contribution >= 4 is 12.2 Å². The van der Waals surface area contributed by atoms with Crippen LogP contribution in [-0.4, -0.2) is 12.1 Å². The maximum Gasteiger partial charge on any atom is 0.119 e. The van der Waals surface area contributed by atoms with Gasteiger partial charge in [0.2, 0.25) is 0 Å². The molecule has 3 rings (SSSR count). The van der Waals surface area contributed by atoms with E-state index in [-0.39, 0.29) is 26.5 Å². The maximum absolute atomic E-state index is 5.25. The van der Waals surface area contributed by atoms with Crippen LogP contribution >= 0.6 is 0 Å². The van der Waals surface area contributed by atoms with E-state index < -0.39 is 0 Å². The SMILES string of the molecule is COc1cccc(/C=C/c2ccc(-c3[c-]cc(C(C)(C)C)cc3)nc2)c1.[Pt]. The van der Waals surface area contributed by atoms with Gasteiger partial charge in [0.15, 0.2) is 0 Å². The molecule has 0 amide bonds. The number of hydrogen-bond donors (Lipinski definition) is 0. The summed E-state index contributed by atoms with van der Waals surface area (Å²) in [7, 11) is 1.68. The number of nitrogens with zero attached hydrogens (tertiary/aromatic N) is 1. The third-order valence-corrected chi connectivity index (χ3v) is 4.30. The number of ether oxygens (including phenoxy) is 1. The van der Waals surface area contributed by atoms with E-state index in [1.807, 2.05) is 36.5 Å². The molecule has 0 aliphatic rings. The van der Waals surface area contributed by atoms with Crippen LogP contribution in [0.1, 0.15) is 37.5 Å². The van der Waals surface area contributed by atoms with Gasteiger partial charge in [0.25, 0.3) is 0 Å². The third kappa shape index (κ3) is 5.64. The van der Waals surface area contributed by atoms with Gasteiger partial charge in [0.1, 0.15) is 5.75 Å². The minimum atomic E-state index is 0. The van der Waals surface area contributed by atoms with Gasteiger partial charge in [-0.25, -0.2) is 0 Å². The predicted molar refractivity (Wildman–Crippen MR) is 109 cm³/mol. The van der Waals surface area contributed by atoms with Crippen LogP contribution in [0.2, 0.25) is 0 Å². The summed E-state index contributed by atoms with van der Waals surface area (Å²) in [5.74, 6) is 0.856. The summed E-state index contributed by atoms with van der Waals surface area (Å²) in [4.78, 5) is 4.58. The Labute approximate surface area is 176 Å². The van der Waals surface area contributed by atoms with E-state index in [1.165, 1.54) is 5.56 Å². The quantitative estimate of drug-likeness (QED) is 0.380. The van der Waals surface area contributed by atoms with E-state index in [2.05, 4.69) is 68.2 Å².